The van der Waals surface area contributed by atoms with Gasteiger partial charge in [-0.25, -0.2) is 0 Å². The molecule has 1 N–H and O–H groups in total. The average Bonchev–Trinajstić information content (AvgIpc) is 3.17. The van der Waals surface area contributed by atoms with Gasteiger partial charge < -0.3 is 14.8 Å². The Morgan fingerprint density at radius 3 is 2.42 bits per heavy atom. The standard InChI is InChI=1S/C28H24Cl2N2O4S2/c1-3-17-5-9-20(10-6-17)31-25(33)16-36-26-22(30)13-18(14-23(26)35-4-2)15-24-27(34)32(28(37)38-24)21-11-7-19(29)8-12-21/h5-15H,3-4,16H2,1-2H3,(H,31,33)/b24-15-. The summed E-state index contributed by atoms with van der Waals surface area (Å²) in [7, 11) is 0. The molecule has 1 saturated heterocycles. The van der Waals surface area contributed by atoms with Gasteiger partial charge in [-0.15, -0.1) is 0 Å². The number of nitrogens with one attached hydrogen (secondary N) is 1. The molecular weight excluding hydrogens is 563 g/mol. The second kappa shape index (κ2) is 12.7. The first-order valence-corrected chi connectivity index (χ1v) is 13.8. The van der Waals surface area contributed by atoms with Crippen LogP contribution in [0, 0.1) is 0 Å². The monoisotopic (exact) mass is 586 g/mol. The maximum atomic E-state index is 13.1. The lowest BCUT2D eigenvalue weighted by Crippen LogP contribution is -2.27. The van der Waals surface area contributed by atoms with Gasteiger partial charge in [-0.3, -0.25) is 14.5 Å². The van der Waals surface area contributed by atoms with Crippen LogP contribution in [-0.4, -0.2) is 29.3 Å². The van der Waals surface area contributed by atoms with Crippen molar-refractivity contribution in [2.24, 2.45) is 0 Å². The van der Waals surface area contributed by atoms with Crippen LogP contribution in [0.5, 0.6) is 11.5 Å². The predicted molar refractivity (Wildman–Crippen MR) is 160 cm³/mol. The van der Waals surface area contributed by atoms with Crippen LogP contribution >= 0.6 is 47.2 Å². The Morgan fingerprint density at radius 2 is 1.76 bits per heavy atom. The summed E-state index contributed by atoms with van der Waals surface area (Å²) >= 11 is 19.1. The molecule has 0 saturated carbocycles. The molecule has 1 aliphatic rings. The number of carbonyl (C=O) groups is 2. The van der Waals surface area contributed by atoms with Crippen molar-refractivity contribution < 1.29 is 19.1 Å². The number of ether oxygens (including phenoxy) is 2. The zero-order valence-corrected chi connectivity index (χ0v) is 23.8. The van der Waals surface area contributed by atoms with Gasteiger partial charge in [-0.05, 0) is 79.1 Å². The molecule has 196 valence electrons. The van der Waals surface area contributed by atoms with E-state index in [0.29, 0.717) is 43.5 Å². The molecule has 0 spiro atoms. The highest BCUT2D eigenvalue weighted by Crippen LogP contribution is 2.40. The van der Waals surface area contributed by atoms with E-state index in [2.05, 4.69) is 12.2 Å². The summed E-state index contributed by atoms with van der Waals surface area (Å²) < 4.78 is 11.9. The number of carbonyl (C=O) groups excluding carboxylic acids is 2. The second-order valence-electron chi connectivity index (χ2n) is 8.14. The molecule has 0 atom stereocenters. The van der Waals surface area contributed by atoms with Crippen LogP contribution in [-0.2, 0) is 16.0 Å². The highest BCUT2D eigenvalue weighted by Gasteiger charge is 2.33. The average molecular weight is 588 g/mol. The molecule has 0 bridgehead atoms. The third-order valence-corrected chi connectivity index (χ3v) is 7.34. The molecule has 1 fully saturated rings. The first-order valence-electron chi connectivity index (χ1n) is 11.8. The van der Waals surface area contributed by atoms with Crippen molar-refractivity contribution in [3.63, 3.8) is 0 Å². The van der Waals surface area contributed by atoms with Crippen LogP contribution in [0.15, 0.2) is 65.6 Å². The molecule has 3 aromatic rings. The molecule has 3 aromatic carbocycles. The lowest BCUT2D eigenvalue weighted by molar-refractivity contribution is -0.118. The Labute approximate surface area is 240 Å². The number of hydrogen-bond acceptors (Lipinski definition) is 6. The van der Waals surface area contributed by atoms with E-state index in [1.54, 1.807) is 42.5 Å². The van der Waals surface area contributed by atoms with Gasteiger partial charge in [0.25, 0.3) is 11.8 Å². The maximum Gasteiger partial charge on any atom is 0.270 e. The van der Waals surface area contributed by atoms with E-state index in [-0.39, 0.29) is 29.2 Å². The molecule has 0 unspecified atom stereocenters. The molecule has 1 aliphatic heterocycles. The summed E-state index contributed by atoms with van der Waals surface area (Å²) in [4.78, 5) is 27.5. The summed E-state index contributed by atoms with van der Waals surface area (Å²) in [6, 6.07) is 17.9. The van der Waals surface area contributed by atoms with Crippen molar-refractivity contribution in [1.82, 2.24) is 0 Å². The van der Waals surface area contributed by atoms with Gasteiger partial charge in [0.1, 0.15) is 0 Å². The number of thiocarbonyl (C=S) groups is 1. The molecule has 0 aromatic heterocycles. The lowest BCUT2D eigenvalue weighted by Gasteiger charge is -2.15. The van der Waals surface area contributed by atoms with Crippen molar-refractivity contribution in [2.45, 2.75) is 20.3 Å². The first-order chi connectivity index (χ1) is 18.3. The zero-order valence-electron chi connectivity index (χ0n) is 20.6. The number of rotatable bonds is 9. The normalized spacial score (nSPS) is 14.2. The third kappa shape index (κ3) is 6.69. The fourth-order valence-corrected chi connectivity index (χ4v) is 5.36. The van der Waals surface area contributed by atoms with Gasteiger partial charge in [0.05, 0.1) is 22.2 Å². The van der Waals surface area contributed by atoms with Crippen LogP contribution in [0.25, 0.3) is 6.08 Å². The lowest BCUT2D eigenvalue weighted by atomic mass is 10.1. The van der Waals surface area contributed by atoms with Crippen molar-refractivity contribution >= 4 is 80.8 Å². The molecule has 4 rings (SSSR count). The summed E-state index contributed by atoms with van der Waals surface area (Å²) in [5.41, 5.74) is 3.12. The van der Waals surface area contributed by atoms with Gasteiger partial charge >= 0.3 is 0 Å². The highest BCUT2D eigenvalue weighted by atomic mass is 35.5. The van der Waals surface area contributed by atoms with Crippen LogP contribution in [0.1, 0.15) is 25.0 Å². The van der Waals surface area contributed by atoms with E-state index in [1.165, 1.54) is 22.2 Å². The minimum Gasteiger partial charge on any atom is -0.490 e. The number of thioether (sulfide) groups is 1. The third-order valence-electron chi connectivity index (χ3n) is 5.50. The summed E-state index contributed by atoms with van der Waals surface area (Å²) in [6.45, 7) is 3.99. The molecule has 6 nitrogen and oxygen atoms in total. The fraction of sp³-hybridized carbons (Fsp3) is 0.179. The van der Waals surface area contributed by atoms with Crippen LogP contribution in [0.4, 0.5) is 11.4 Å². The van der Waals surface area contributed by atoms with Gasteiger partial charge in [0.2, 0.25) is 0 Å². The Morgan fingerprint density at radius 1 is 1.05 bits per heavy atom. The van der Waals surface area contributed by atoms with Crippen molar-refractivity contribution in [3.05, 3.63) is 86.7 Å². The van der Waals surface area contributed by atoms with E-state index >= 15 is 0 Å². The van der Waals surface area contributed by atoms with E-state index in [0.717, 1.165) is 6.42 Å². The number of halogens is 2. The highest BCUT2D eigenvalue weighted by molar-refractivity contribution is 8.27. The topological polar surface area (TPSA) is 67.9 Å². The van der Waals surface area contributed by atoms with Crippen molar-refractivity contribution in [2.75, 3.05) is 23.4 Å². The van der Waals surface area contributed by atoms with Crippen LogP contribution in [0.2, 0.25) is 10.0 Å². The number of anilines is 2. The number of benzene rings is 3. The quantitative estimate of drug-likeness (QED) is 0.208. The minimum absolute atomic E-state index is 0.246. The fourth-order valence-electron chi connectivity index (χ4n) is 3.66. The van der Waals surface area contributed by atoms with E-state index < -0.39 is 0 Å². The molecule has 2 amide bonds. The zero-order chi connectivity index (χ0) is 27.2. The number of nitrogens with zero attached hydrogens (tertiary/aromatic N) is 1. The number of hydrogen-bond donors (Lipinski definition) is 1. The molecule has 38 heavy (non-hydrogen) atoms. The molecule has 0 aliphatic carbocycles. The van der Waals surface area contributed by atoms with E-state index in [9.17, 15) is 9.59 Å². The van der Waals surface area contributed by atoms with Gasteiger partial charge in [-0.1, -0.05) is 66.2 Å². The Balaban J connectivity index is 1.50. The molecule has 10 heteroatoms. The number of aryl methyl sites for hydroxylation is 1. The summed E-state index contributed by atoms with van der Waals surface area (Å²) in [5.74, 6) is 0.0264. The predicted octanol–water partition coefficient (Wildman–Crippen LogP) is 7.38. The van der Waals surface area contributed by atoms with Crippen LogP contribution in [0.3, 0.4) is 0 Å². The van der Waals surface area contributed by atoms with Crippen molar-refractivity contribution in [3.8, 4) is 11.5 Å². The van der Waals surface area contributed by atoms with Gasteiger partial charge in [0.15, 0.2) is 22.4 Å². The van der Waals surface area contributed by atoms with Gasteiger partial charge in [0, 0.05) is 10.7 Å². The minimum atomic E-state index is -0.331. The smallest absolute Gasteiger partial charge is 0.270 e. The Kier molecular flexibility index (Phi) is 9.33. The maximum absolute atomic E-state index is 13.1. The summed E-state index contributed by atoms with van der Waals surface area (Å²) in [6.07, 6.45) is 2.61. The van der Waals surface area contributed by atoms with E-state index in [1.807, 2.05) is 31.2 Å². The van der Waals surface area contributed by atoms with E-state index in [4.69, 9.17) is 44.9 Å². The Bertz CT molecular complexity index is 1390. The van der Waals surface area contributed by atoms with Crippen LogP contribution < -0.4 is 19.7 Å². The van der Waals surface area contributed by atoms with Crippen molar-refractivity contribution in [1.29, 1.82) is 0 Å². The number of amides is 2. The molecular formula is C28H24Cl2N2O4S2. The largest absolute Gasteiger partial charge is 0.490 e. The second-order valence-corrected chi connectivity index (χ2v) is 10.7. The molecule has 1 heterocycles. The van der Waals surface area contributed by atoms with Gasteiger partial charge in [-0.2, -0.15) is 0 Å². The first kappa shape index (κ1) is 28.0. The summed E-state index contributed by atoms with van der Waals surface area (Å²) in [5, 5.41) is 3.62. The molecule has 0 radical (unpaired) electrons. The Hall–Kier alpha value is -3.04. The SMILES string of the molecule is CCOc1cc(/C=C2\SC(=S)N(c3ccc(Cl)cc3)C2=O)cc(Cl)c1OCC(=O)Nc1ccc(CC)cc1.